The topological polar surface area (TPSA) is 66.1 Å². The Morgan fingerprint density at radius 2 is 1.75 bits per heavy atom. The Hall–Kier alpha value is -2.95. The Kier molecular flexibility index (Phi) is 6.24. The molecule has 3 aromatic rings. The lowest BCUT2D eigenvalue weighted by molar-refractivity contribution is -0.131. The van der Waals surface area contributed by atoms with Gasteiger partial charge in [-0.05, 0) is 42.5 Å². The lowest BCUT2D eigenvalue weighted by Gasteiger charge is -2.20. The van der Waals surface area contributed by atoms with Crippen molar-refractivity contribution in [3.05, 3.63) is 75.8 Å². The highest BCUT2D eigenvalue weighted by molar-refractivity contribution is 5.79. The Balaban J connectivity index is 1.71. The van der Waals surface area contributed by atoms with Crippen molar-refractivity contribution >= 4 is 16.8 Å². The molecule has 3 rings (SSSR count). The van der Waals surface area contributed by atoms with E-state index in [0.717, 1.165) is 12.0 Å². The quantitative estimate of drug-likeness (QED) is 0.682. The number of aromatic nitrogens is 2. The molecule has 0 aliphatic rings. The van der Waals surface area contributed by atoms with Crippen molar-refractivity contribution < 1.29 is 4.79 Å². The van der Waals surface area contributed by atoms with E-state index in [1.807, 2.05) is 37.3 Å². The zero-order valence-electron chi connectivity index (χ0n) is 16.7. The van der Waals surface area contributed by atoms with Gasteiger partial charge in [0.15, 0.2) is 0 Å². The van der Waals surface area contributed by atoms with E-state index in [2.05, 4.69) is 35.9 Å². The predicted octanol–water partition coefficient (Wildman–Crippen LogP) is 3.71. The van der Waals surface area contributed by atoms with Crippen molar-refractivity contribution in [3.8, 4) is 0 Å². The molecular weight excluding hydrogens is 350 g/mol. The van der Waals surface area contributed by atoms with Crippen LogP contribution in [0.15, 0.2) is 53.3 Å². The fourth-order valence-electron chi connectivity index (χ4n) is 3.32. The lowest BCUT2D eigenvalue weighted by Crippen LogP contribution is -2.33. The monoisotopic (exact) mass is 377 g/mol. The number of carbonyl (C=O) groups is 1. The van der Waals surface area contributed by atoms with E-state index in [9.17, 15) is 9.59 Å². The summed E-state index contributed by atoms with van der Waals surface area (Å²) in [5.74, 6) is 1.14. The van der Waals surface area contributed by atoms with E-state index >= 15 is 0 Å². The highest BCUT2D eigenvalue weighted by Crippen LogP contribution is 2.12. The van der Waals surface area contributed by atoms with Crippen molar-refractivity contribution in [2.45, 2.75) is 40.2 Å². The maximum Gasteiger partial charge on any atom is 0.258 e. The van der Waals surface area contributed by atoms with Crippen molar-refractivity contribution in [2.24, 2.45) is 5.92 Å². The van der Waals surface area contributed by atoms with Gasteiger partial charge >= 0.3 is 0 Å². The third kappa shape index (κ3) is 4.85. The first kappa shape index (κ1) is 19.8. The van der Waals surface area contributed by atoms with E-state index in [-0.39, 0.29) is 11.5 Å². The van der Waals surface area contributed by atoms with Crippen molar-refractivity contribution in [1.29, 1.82) is 0 Å². The summed E-state index contributed by atoms with van der Waals surface area (Å²) in [5, 5.41) is 0.558. The largest absolute Gasteiger partial charge is 0.335 e. The number of aromatic amines is 1. The van der Waals surface area contributed by atoms with E-state index in [1.165, 1.54) is 5.56 Å². The normalized spacial score (nSPS) is 11.1. The highest BCUT2D eigenvalue weighted by Gasteiger charge is 2.15. The van der Waals surface area contributed by atoms with Gasteiger partial charge in [-0.2, -0.15) is 0 Å². The number of likely N-dealkylation sites (N-methyl/N-ethyl adjacent to an activating group) is 1. The summed E-state index contributed by atoms with van der Waals surface area (Å²) in [6.45, 7) is 7.17. The molecule has 0 spiro atoms. The first-order chi connectivity index (χ1) is 13.5. The van der Waals surface area contributed by atoms with E-state index in [4.69, 9.17) is 0 Å². The summed E-state index contributed by atoms with van der Waals surface area (Å²) in [6, 6.07) is 15.5. The molecule has 5 nitrogen and oxygen atoms in total. The first-order valence-electron chi connectivity index (χ1n) is 9.79. The van der Waals surface area contributed by atoms with E-state index in [0.29, 0.717) is 42.2 Å². The maximum atomic E-state index is 12.8. The number of amides is 1. The summed E-state index contributed by atoms with van der Waals surface area (Å²) in [5.41, 5.74) is 2.75. The Labute approximate surface area is 165 Å². The zero-order chi connectivity index (χ0) is 20.1. The van der Waals surface area contributed by atoms with Gasteiger partial charge in [0.05, 0.1) is 23.9 Å². The minimum atomic E-state index is -0.176. The molecule has 1 aromatic heterocycles. The van der Waals surface area contributed by atoms with Crippen molar-refractivity contribution in [3.63, 3.8) is 0 Å². The van der Waals surface area contributed by atoms with Crippen LogP contribution < -0.4 is 5.56 Å². The lowest BCUT2D eigenvalue weighted by atomic mass is 10.0. The average molecular weight is 377 g/mol. The molecule has 2 aromatic carbocycles. The molecular formula is C23H27N3O2. The van der Waals surface area contributed by atoms with Crippen molar-refractivity contribution in [1.82, 2.24) is 14.9 Å². The van der Waals surface area contributed by atoms with Gasteiger partial charge in [0.1, 0.15) is 5.82 Å². The standard InChI is InChI=1S/C23H27N3O2/c1-4-26(15-21-24-20-8-6-5-7-19(20)23(28)25-21)22(27)14-18-11-9-17(10-12-18)13-16(2)3/h5-12,16H,4,13-15H2,1-3H3,(H,24,25,28). The van der Waals surface area contributed by atoms with Crippen LogP contribution in [0, 0.1) is 5.92 Å². The van der Waals surface area contributed by atoms with E-state index < -0.39 is 0 Å². The molecule has 0 saturated heterocycles. The number of hydrogen-bond acceptors (Lipinski definition) is 3. The summed E-state index contributed by atoms with van der Waals surface area (Å²) in [6.07, 6.45) is 1.38. The molecule has 5 heteroatoms. The second-order valence-electron chi connectivity index (χ2n) is 7.53. The van der Waals surface area contributed by atoms with Gasteiger partial charge in [-0.15, -0.1) is 0 Å². The Morgan fingerprint density at radius 1 is 1.07 bits per heavy atom. The van der Waals surface area contributed by atoms with Gasteiger partial charge < -0.3 is 9.88 Å². The second kappa shape index (κ2) is 8.83. The molecule has 1 N–H and O–H groups in total. The average Bonchev–Trinajstić information content (AvgIpc) is 2.67. The molecule has 0 aliphatic carbocycles. The summed E-state index contributed by atoms with van der Waals surface area (Å²) in [4.78, 5) is 34.0. The van der Waals surface area contributed by atoms with Gasteiger partial charge in [0.2, 0.25) is 5.91 Å². The molecule has 0 radical (unpaired) electrons. The first-order valence-corrected chi connectivity index (χ1v) is 9.79. The third-order valence-corrected chi connectivity index (χ3v) is 4.76. The molecule has 0 unspecified atom stereocenters. The minimum absolute atomic E-state index is 0.0231. The van der Waals surface area contributed by atoms with Crippen LogP contribution in [0.3, 0.4) is 0 Å². The van der Waals surface area contributed by atoms with Crippen LogP contribution in [0.1, 0.15) is 37.7 Å². The second-order valence-corrected chi connectivity index (χ2v) is 7.53. The van der Waals surface area contributed by atoms with Gasteiger partial charge in [-0.3, -0.25) is 9.59 Å². The number of carbonyl (C=O) groups excluding carboxylic acids is 1. The SMILES string of the molecule is CCN(Cc1nc2ccccc2c(=O)[nH]1)C(=O)Cc1ccc(CC(C)C)cc1. The number of para-hydroxylation sites is 1. The minimum Gasteiger partial charge on any atom is -0.335 e. The fraction of sp³-hybridized carbons (Fsp3) is 0.348. The molecule has 1 heterocycles. The highest BCUT2D eigenvalue weighted by atomic mass is 16.2. The maximum absolute atomic E-state index is 12.8. The van der Waals surface area contributed by atoms with Gasteiger partial charge in [0.25, 0.3) is 5.56 Å². The predicted molar refractivity (Wildman–Crippen MR) is 112 cm³/mol. The number of fused-ring (bicyclic) bond motifs is 1. The van der Waals surface area contributed by atoms with Crippen molar-refractivity contribution in [2.75, 3.05) is 6.54 Å². The molecule has 1 amide bonds. The molecule has 0 fully saturated rings. The fourth-order valence-corrected chi connectivity index (χ4v) is 3.32. The van der Waals surface area contributed by atoms with Crippen LogP contribution >= 0.6 is 0 Å². The molecule has 0 saturated carbocycles. The third-order valence-electron chi connectivity index (χ3n) is 4.76. The molecule has 28 heavy (non-hydrogen) atoms. The van der Waals surface area contributed by atoms with Crippen LogP contribution in [0.4, 0.5) is 0 Å². The summed E-state index contributed by atoms with van der Waals surface area (Å²) >= 11 is 0. The van der Waals surface area contributed by atoms with Crippen LogP contribution in [0.5, 0.6) is 0 Å². The van der Waals surface area contributed by atoms with Crippen LogP contribution in [-0.4, -0.2) is 27.3 Å². The number of nitrogens with zero attached hydrogens (tertiary/aromatic N) is 2. The number of H-pyrrole nitrogens is 1. The Morgan fingerprint density at radius 3 is 2.43 bits per heavy atom. The Bertz CT molecular complexity index is 1010. The van der Waals surface area contributed by atoms with Crippen LogP contribution in [0.25, 0.3) is 10.9 Å². The van der Waals surface area contributed by atoms with Crippen LogP contribution in [0.2, 0.25) is 0 Å². The summed E-state index contributed by atoms with van der Waals surface area (Å²) < 4.78 is 0. The number of nitrogens with one attached hydrogen (secondary N) is 1. The van der Waals surface area contributed by atoms with Crippen LogP contribution in [-0.2, 0) is 24.2 Å². The molecule has 146 valence electrons. The number of hydrogen-bond donors (Lipinski definition) is 1. The molecule has 0 aliphatic heterocycles. The van der Waals surface area contributed by atoms with E-state index in [1.54, 1.807) is 11.0 Å². The molecule has 0 atom stereocenters. The number of rotatable bonds is 7. The summed E-state index contributed by atoms with van der Waals surface area (Å²) in [7, 11) is 0. The smallest absolute Gasteiger partial charge is 0.258 e. The van der Waals surface area contributed by atoms with Gasteiger partial charge in [0, 0.05) is 6.54 Å². The molecule has 0 bridgehead atoms. The van der Waals surface area contributed by atoms with Gasteiger partial charge in [-0.1, -0.05) is 50.2 Å². The number of benzene rings is 2. The van der Waals surface area contributed by atoms with Gasteiger partial charge in [-0.25, -0.2) is 4.98 Å². The zero-order valence-corrected chi connectivity index (χ0v) is 16.7.